The highest BCUT2D eigenvalue weighted by molar-refractivity contribution is 14.0. The van der Waals surface area contributed by atoms with E-state index in [0.29, 0.717) is 25.5 Å². The van der Waals surface area contributed by atoms with E-state index in [-0.39, 0.29) is 47.2 Å². The van der Waals surface area contributed by atoms with E-state index < -0.39 is 14.8 Å². The summed E-state index contributed by atoms with van der Waals surface area (Å²) in [7, 11) is -3.00. The number of guanidine groups is 1. The molecule has 1 fully saturated rings. The Hall–Kier alpha value is -1.86. The van der Waals surface area contributed by atoms with Crippen LogP contribution in [0.1, 0.15) is 12.0 Å². The molecule has 1 heterocycles. The molecule has 0 amide bonds. The smallest absolute Gasteiger partial charge is 0.269 e. The number of hydrogen-bond donors (Lipinski definition) is 2. The molecule has 0 aromatic heterocycles. The van der Waals surface area contributed by atoms with Crippen molar-refractivity contribution in [3.05, 3.63) is 70.3 Å². The Morgan fingerprint density at radius 1 is 1.16 bits per heavy atom. The second-order valence-corrected chi connectivity index (χ2v) is 10.3. The first-order valence-electron chi connectivity index (χ1n) is 9.58. The normalized spacial score (nSPS) is 17.5. The van der Waals surface area contributed by atoms with Gasteiger partial charge in [0, 0.05) is 35.4 Å². The zero-order chi connectivity index (χ0) is 21.4. The molecule has 1 saturated heterocycles. The van der Waals surface area contributed by atoms with Crippen molar-refractivity contribution >= 4 is 57.2 Å². The second kappa shape index (κ2) is 12.2. The third-order valence-corrected chi connectivity index (χ3v) is 7.33. The number of nitrogens with one attached hydrogen (secondary N) is 2. The molecule has 1 aliphatic heterocycles. The van der Waals surface area contributed by atoms with Gasteiger partial charge in [-0.15, -0.1) is 35.7 Å². The minimum Gasteiger partial charge on any atom is -0.356 e. The molecule has 2 N–H and O–H groups in total. The molecule has 31 heavy (non-hydrogen) atoms. The van der Waals surface area contributed by atoms with Crippen molar-refractivity contribution < 1.29 is 13.3 Å². The Morgan fingerprint density at radius 2 is 1.87 bits per heavy atom. The lowest BCUT2D eigenvalue weighted by Crippen LogP contribution is -2.44. The van der Waals surface area contributed by atoms with E-state index in [2.05, 4.69) is 27.8 Å². The number of nitro benzene ring substituents is 1. The third kappa shape index (κ3) is 8.65. The number of rotatable bonds is 8. The van der Waals surface area contributed by atoms with Crippen molar-refractivity contribution in [1.29, 1.82) is 0 Å². The number of nitrogens with zero attached hydrogens (tertiary/aromatic N) is 2. The Kier molecular flexibility index (Phi) is 10.0. The van der Waals surface area contributed by atoms with Crippen LogP contribution in [0.15, 0.2) is 64.5 Å². The van der Waals surface area contributed by atoms with Crippen molar-refractivity contribution in [1.82, 2.24) is 10.6 Å². The van der Waals surface area contributed by atoms with E-state index in [1.54, 1.807) is 23.9 Å². The fourth-order valence-corrected chi connectivity index (χ4v) is 5.47. The van der Waals surface area contributed by atoms with Crippen LogP contribution < -0.4 is 10.6 Å². The quantitative estimate of drug-likeness (QED) is 0.0944. The molecule has 1 aliphatic rings. The van der Waals surface area contributed by atoms with Crippen LogP contribution in [0.5, 0.6) is 0 Å². The van der Waals surface area contributed by atoms with Crippen LogP contribution in [-0.4, -0.2) is 49.1 Å². The van der Waals surface area contributed by atoms with Gasteiger partial charge in [-0.3, -0.25) is 10.1 Å². The molecule has 1 atom stereocenters. The summed E-state index contributed by atoms with van der Waals surface area (Å²) < 4.78 is 23.5. The van der Waals surface area contributed by atoms with Crippen LogP contribution in [0.3, 0.4) is 0 Å². The van der Waals surface area contributed by atoms with Gasteiger partial charge in [-0.1, -0.05) is 30.3 Å². The fourth-order valence-electron chi connectivity index (χ4n) is 3.00. The van der Waals surface area contributed by atoms with Gasteiger partial charge in [0.05, 0.1) is 23.0 Å². The van der Waals surface area contributed by atoms with Crippen LogP contribution in [-0.2, 0) is 16.4 Å². The van der Waals surface area contributed by atoms with Crippen molar-refractivity contribution in [2.24, 2.45) is 4.99 Å². The van der Waals surface area contributed by atoms with Crippen LogP contribution in [0.25, 0.3) is 0 Å². The average molecular weight is 576 g/mol. The molecule has 0 saturated carbocycles. The standard InChI is InChI=1S/C20H24N4O4S2.HI/c25-24(26)18-8-6-16(7-9-18)14-22-20(23-17-10-13-30(27,28)15-17)21-11-12-29-19-4-2-1-3-5-19;/h1-9,17H,10-15H2,(H2,21,22,23);1H. The number of hydrogen-bond acceptors (Lipinski definition) is 6. The van der Waals surface area contributed by atoms with Crippen LogP contribution >= 0.6 is 35.7 Å². The van der Waals surface area contributed by atoms with Gasteiger partial charge < -0.3 is 10.6 Å². The van der Waals surface area contributed by atoms with Crippen LogP contribution in [0.2, 0.25) is 0 Å². The number of nitro groups is 1. The van der Waals surface area contributed by atoms with E-state index in [1.807, 2.05) is 18.2 Å². The summed E-state index contributed by atoms with van der Waals surface area (Å²) in [5, 5.41) is 17.3. The number of halogens is 1. The Bertz CT molecular complexity index is 986. The molecule has 11 heteroatoms. The highest BCUT2D eigenvalue weighted by Gasteiger charge is 2.28. The predicted octanol–water partition coefficient (Wildman–Crippen LogP) is 3.23. The SMILES string of the molecule is I.O=[N+]([O-])c1ccc(CN=C(NCCSc2ccccc2)NC2CCS(=O)(=O)C2)cc1. The lowest BCUT2D eigenvalue weighted by molar-refractivity contribution is -0.384. The largest absolute Gasteiger partial charge is 0.356 e. The summed E-state index contributed by atoms with van der Waals surface area (Å²) in [6.45, 7) is 0.990. The van der Waals surface area contributed by atoms with Crippen LogP contribution in [0, 0.1) is 10.1 Å². The lowest BCUT2D eigenvalue weighted by atomic mass is 10.2. The van der Waals surface area contributed by atoms with Gasteiger partial charge in [-0.2, -0.15) is 0 Å². The second-order valence-electron chi connectivity index (χ2n) is 6.92. The highest BCUT2D eigenvalue weighted by Crippen LogP contribution is 2.16. The summed E-state index contributed by atoms with van der Waals surface area (Å²) in [5.41, 5.74) is 0.868. The van der Waals surface area contributed by atoms with E-state index in [1.165, 1.54) is 17.0 Å². The zero-order valence-electron chi connectivity index (χ0n) is 16.8. The molecule has 0 spiro atoms. The number of thioether (sulfide) groups is 1. The van der Waals surface area contributed by atoms with Gasteiger partial charge in [0.1, 0.15) is 0 Å². The monoisotopic (exact) mass is 576 g/mol. The number of benzene rings is 2. The molecule has 1 unspecified atom stereocenters. The number of aliphatic imine (C=N–C) groups is 1. The maximum atomic E-state index is 11.7. The predicted molar refractivity (Wildman–Crippen MR) is 135 cm³/mol. The maximum Gasteiger partial charge on any atom is 0.269 e. The van der Waals surface area contributed by atoms with E-state index in [4.69, 9.17) is 0 Å². The number of sulfone groups is 1. The first kappa shape index (κ1) is 25.4. The first-order valence-corrected chi connectivity index (χ1v) is 12.4. The Labute approximate surface area is 203 Å². The average Bonchev–Trinajstić information content (AvgIpc) is 3.08. The van der Waals surface area contributed by atoms with Gasteiger partial charge >= 0.3 is 0 Å². The Morgan fingerprint density at radius 3 is 2.48 bits per heavy atom. The van der Waals surface area contributed by atoms with Gasteiger partial charge in [0.15, 0.2) is 15.8 Å². The molecule has 0 radical (unpaired) electrons. The minimum absolute atomic E-state index is 0. The summed E-state index contributed by atoms with van der Waals surface area (Å²) in [6.07, 6.45) is 0.555. The zero-order valence-corrected chi connectivity index (χ0v) is 20.7. The van der Waals surface area contributed by atoms with Gasteiger partial charge in [0.2, 0.25) is 0 Å². The molecule has 168 valence electrons. The third-order valence-electron chi connectivity index (χ3n) is 4.55. The molecule has 2 aromatic rings. The maximum absolute atomic E-state index is 11.7. The summed E-state index contributed by atoms with van der Waals surface area (Å²) in [6, 6.07) is 16.1. The summed E-state index contributed by atoms with van der Waals surface area (Å²) in [5.74, 6) is 1.66. The van der Waals surface area contributed by atoms with Crippen molar-refractivity contribution in [2.75, 3.05) is 23.8 Å². The first-order chi connectivity index (χ1) is 14.4. The van der Waals surface area contributed by atoms with Crippen LogP contribution in [0.4, 0.5) is 5.69 Å². The molecule has 0 aliphatic carbocycles. The van der Waals surface area contributed by atoms with Gasteiger partial charge in [-0.05, 0) is 24.1 Å². The summed E-state index contributed by atoms with van der Waals surface area (Å²) >= 11 is 1.72. The van der Waals surface area contributed by atoms with Crippen molar-refractivity contribution in [2.45, 2.75) is 23.9 Å². The molecule has 8 nitrogen and oxygen atoms in total. The molecule has 2 aromatic carbocycles. The lowest BCUT2D eigenvalue weighted by Gasteiger charge is -2.16. The topological polar surface area (TPSA) is 114 Å². The number of non-ortho nitro benzene ring substituents is 1. The summed E-state index contributed by atoms with van der Waals surface area (Å²) in [4.78, 5) is 16.1. The molecular formula is C20H25IN4O4S2. The molecule has 0 bridgehead atoms. The molecular weight excluding hydrogens is 551 g/mol. The van der Waals surface area contributed by atoms with Crippen molar-refractivity contribution in [3.8, 4) is 0 Å². The van der Waals surface area contributed by atoms with E-state index in [0.717, 1.165) is 11.3 Å². The van der Waals surface area contributed by atoms with Gasteiger partial charge in [-0.25, -0.2) is 13.4 Å². The Balaban J connectivity index is 0.00000341. The van der Waals surface area contributed by atoms with E-state index in [9.17, 15) is 18.5 Å². The molecule has 3 rings (SSSR count). The van der Waals surface area contributed by atoms with E-state index >= 15 is 0 Å². The van der Waals surface area contributed by atoms with Gasteiger partial charge in [0.25, 0.3) is 5.69 Å². The highest BCUT2D eigenvalue weighted by atomic mass is 127. The fraction of sp³-hybridized carbons (Fsp3) is 0.350. The minimum atomic E-state index is -3.00. The van der Waals surface area contributed by atoms with Crippen molar-refractivity contribution in [3.63, 3.8) is 0 Å².